The Bertz CT molecular complexity index is 172. The molecule has 1 aliphatic rings. The number of rotatable bonds is 4. The first-order valence-electron chi connectivity index (χ1n) is 4.05. The Morgan fingerprint density at radius 1 is 1.38 bits per heavy atom. The van der Waals surface area contributed by atoms with Crippen molar-refractivity contribution in [3.8, 4) is 0 Å². The van der Waals surface area contributed by atoms with E-state index in [2.05, 4.69) is 6.58 Å². The summed E-state index contributed by atoms with van der Waals surface area (Å²) in [5.74, 6) is 0. The summed E-state index contributed by atoms with van der Waals surface area (Å²) in [4.78, 5) is 0. The molecule has 1 rings (SSSR count). The van der Waals surface area contributed by atoms with Gasteiger partial charge in [-0.25, -0.2) is 0 Å². The van der Waals surface area contributed by atoms with Crippen molar-refractivity contribution in [2.24, 2.45) is 0 Å². The molecular formula is C8H14O5. The van der Waals surface area contributed by atoms with E-state index in [9.17, 15) is 10.2 Å². The Morgan fingerprint density at radius 2 is 2.08 bits per heavy atom. The summed E-state index contributed by atoms with van der Waals surface area (Å²) in [6.45, 7) is 3.32. The fourth-order valence-corrected chi connectivity index (χ4v) is 1.17. The Labute approximate surface area is 76.2 Å². The van der Waals surface area contributed by atoms with E-state index >= 15 is 0 Å². The van der Waals surface area contributed by atoms with Crippen LogP contribution in [0.2, 0.25) is 0 Å². The second-order valence-electron chi connectivity index (χ2n) is 2.83. The molecular weight excluding hydrogens is 176 g/mol. The van der Waals surface area contributed by atoms with E-state index in [0.29, 0.717) is 0 Å². The van der Waals surface area contributed by atoms with Gasteiger partial charge in [0.15, 0.2) is 6.29 Å². The van der Waals surface area contributed by atoms with E-state index in [-0.39, 0.29) is 13.2 Å². The number of aliphatic hydroxyl groups excluding tert-OH is 3. The van der Waals surface area contributed by atoms with Gasteiger partial charge >= 0.3 is 0 Å². The lowest BCUT2D eigenvalue weighted by Crippen LogP contribution is -2.34. The zero-order chi connectivity index (χ0) is 9.84. The van der Waals surface area contributed by atoms with Crippen molar-refractivity contribution in [2.75, 3.05) is 13.2 Å². The van der Waals surface area contributed by atoms with Gasteiger partial charge < -0.3 is 24.8 Å². The van der Waals surface area contributed by atoms with E-state index < -0.39 is 24.6 Å². The third kappa shape index (κ3) is 2.26. The SMILES string of the molecule is C=CCOC1O[C@H](CO)[C@@H](O)[C@H]1O. The minimum Gasteiger partial charge on any atom is -0.394 e. The van der Waals surface area contributed by atoms with Crippen LogP contribution in [0, 0.1) is 0 Å². The lowest BCUT2D eigenvalue weighted by atomic mass is 10.1. The molecule has 0 aromatic heterocycles. The molecule has 1 aliphatic heterocycles. The van der Waals surface area contributed by atoms with Gasteiger partial charge in [0, 0.05) is 0 Å². The fourth-order valence-electron chi connectivity index (χ4n) is 1.17. The van der Waals surface area contributed by atoms with Crippen molar-refractivity contribution in [1.82, 2.24) is 0 Å². The van der Waals surface area contributed by atoms with Crippen LogP contribution in [0.1, 0.15) is 0 Å². The molecule has 0 aliphatic carbocycles. The summed E-state index contributed by atoms with van der Waals surface area (Å²) >= 11 is 0. The summed E-state index contributed by atoms with van der Waals surface area (Å²) in [7, 11) is 0. The Balaban J connectivity index is 2.45. The molecule has 1 unspecified atom stereocenters. The maximum Gasteiger partial charge on any atom is 0.187 e. The summed E-state index contributed by atoms with van der Waals surface area (Å²) in [5, 5.41) is 27.4. The van der Waals surface area contributed by atoms with Crippen LogP contribution in [0.3, 0.4) is 0 Å². The smallest absolute Gasteiger partial charge is 0.187 e. The van der Waals surface area contributed by atoms with E-state index in [0.717, 1.165) is 0 Å². The quantitative estimate of drug-likeness (QED) is 0.476. The summed E-state index contributed by atoms with van der Waals surface area (Å²) in [5.41, 5.74) is 0. The van der Waals surface area contributed by atoms with Gasteiger partial charge in [-0.1, -0.05) is 6.08 Å². The molecule has 5 nitrogen and oxygen atoms in total. The summed E-state index contributed by atoms with van der Waals surface area (Å²) in [6.07, 6.45) is -2.36. The van der Waals surface area contributed by atoms with Crippen molar-refractivity contribution in [3.63, 3.8) is 0 Å². The lowest BCUT2D eigenvalue weighted by molar-refractivity contribution is -0.162. The molecule has 76 valence electrons. The monoisotopic (exact) mass is 190 g/mol. The molecule has 4 atom stereocenters. The zero-order valence-corrected chi connectivity index (χ0v) is 7.17. The van der Waals surface area contributed by atoms with Gasteiger partial charge in [-0.05, 0) is 0 Å². The van der Waals surface area contributed by atoms with Gasteiger partial charge in [-0.15, -0.1) is 6.58 Å². The maximum absolute atomic E-state index is 9.34. The molecule has 0 aromatic rings. The van der Waals surface area contributed by atoms with Crippen LogP contribution in [0.25, 0.3) is 0 Å². The second kappa shape index (κ2) is 4.69. The third-order valence-corrected chi connectivity index (χ3v) is 1.88. The molecule has 0 aromatic carbocycles. The minimum atomic E-state index is -1.11. The molecule has 0 radical (unpaired) electrons. The van der Waals surface area contributed by atoms with E-state index in [1.54, 1.807) is 0 Å². The first kappa shape index (κ1) is 10.6. The van der Waals surface area contributed by atoms with Gasteiger partial charge in [0.1, 0.15) is 18.3 Å². The van der Waals surface area contributed by atoms with Crippen molar-refractivity contribution in [3.05, 3.63) is 12.7 Å². The molecule has 0 spiro atoms. The fraction of sp³-hybridized carbons (Fsp3) is 0.750. The summed E-state index contributed by atoms with van der Waals surface area (Å²) in [6, 6.07) is 0. The Kier molecular flexibility index (Phi) is 3.83. The highest BCUT2D eigenvalue weighted by Crippen LogP contribution is 2.21. The average Bonchev–Trinajstić information content (AvgIpc) is 2.41. The van der Waals surface area contributed by atoms with Crippen LogP contribution in [-0.4, -0.2) is 53.1 Å². The van der Waals surface area contributed by atoms with Crippen molar-refractivity contribution in [1.29, 1.82) is 0 Å². The molecule has 0 saturated carbocycles. The first-order valence-corrected chi connectivity index (χ1v) is 4.05. The molecule has 13 heavy (non-hydrogen) atoms. The lowest BCUT2D eigenvalue weighted by Gasteiger charge is -2.13. The number of hydrogen-bond donors (Lipinski definition) is 3. The maximum atomic E-state index is 9.34. The molecule has 1 fully saturated rings. The highest BCUT2D eigenvalue weighted by atomic mass is 16.7. The van der Waals surface area contributed by atoms with Gasteiger partial charge in [0.25, 0.3) is 0 Å². The number of ether oxygens (including phenoxy) is 2. The van der Waals surface area contributed by atoms with E-state index in [1.165, 1.54) is 6.08 Å². The predicted octanol–water partition coefficient (Wildman–Crippen LogP) is -1.37. The van der Waals surface area contributed by atoms with Gasteiger partial charge in [-0.3, -0.25) is 0 Å². The van der Waals surface area contributed by atoms with Gasteiger partial charge in [0.2, 0.25) is 0 Å². The van der Waals surface area contributed by atoms with Gasteiger partial charge in [0.05, 0.1) is 13.2 Å². The normalized spacial score (nSPS) is 39.3. The van der Waals surface area contributed by atoms with Crippen molar-refractivity contribution >= 4 is 0 Å². The molecule has 3 N–H and O–H groups in total. The largest absolute Gasteiger partial charge is 0.394 e. The van der Waals surface area contributed by atoms with Crippen LogP contribution in [0.5, 0.6) is 0 Å². The number of aliphatic hydroxyl groups is 3. The van der Waals surface area contributed by atoms with Crippen LogP contribution < -0.4 is 0 Å². The first-order chi connectivity index (χ1) is 6.20. The molecule has 1 heterocycles. The van der Waals surface area contributed by atoms with Crippen molar-refractivity contribution < 1.29 is 24.8 Å². The standard InChI is InChI=1S/C8H14O5/c1-2-3-12-8-7(11)6(10)5(4-9)13-8/h2,5-11H,1,3-4H2/t5-,6-,7-,8?/m1/s1. The summed E-state index contributed by atoms with van der Waals surface area (Å²) < 4.78 is 10.0. The van der Waals surface area contributed by atoms with Crippen LogP contribution in [-0.2, 0) is 9.47 Å². The van der Waals surface area contributed by atoms with Gasteiger partial charge in [-0.2, -0.15) is 0 Å². The Morgan fingerprint density at radius 3 is 2.54 bits per heavy atom. The van der Waals surface area contributed by atoms with Crippen LogP contribution >= 0.6 is 0 Å². The number of hydrogen-bond acceptors (Lipinski definition) is 5. The topological polar surface area (TPSA) is 79.2 Å². The van der Waals surface area contributed by atoms with E-state index in [4.69, 9.17) is 14.6 Å². The highest BCUT2D eigenvalue weighted by Gasteiger charge is 2.42. The minimum absolute atomic E-state index is 0.229. The third-order valence-electron chi connectivity index (χ3n) is 1.88. The Hall–Kier alpha value is -0.460. The second-order valence-corrected chi connectivity index (χ2v) is 2.83. The van der Waals surface area contributed by atoms with Crippen LogP contribution in [0.15, 0.2) is 12.7 Å². The van der Waals surface area contributed by atoms with E-state index in [1.807, 2.05) is 0 Å². The molecule has 5 heteroatoms. The van der Waals surface area contributed by atoms with Crippen molar-refractivity contribution in [2.45, 2.75) is 24.6 Å². The molecule has 1 saturated heterocycles. The van der Waals surface area contributed by atoms with Crippen LogP contribution in [0.4, 0.5) is 0 Å². The predicted molar refractivity (Wildman–Crippen MR) is 43.9 cm³/mol. The average molecular weight is 190 g/mol. The molecule has 0 amide bonds. The zero-order valence-electron chi connectivity index (χ0n) is 7.17. The molecule has 0 bridgehead atoms. The highest BCUT2D eigenvalue weighted by molar-refractivity contribution is 4.86.